The summed E-state index contributed by atoms with van der Waals surface area (Å²) in [4.78, 5) is -0.169. The van der Waals surface area contributed by atoms with Gasteiger partial charge in [-0.15, -0.1) is 0 Å². The minimum absolute atomic E-state index is 0.169. The molecule has 0 N–H and O–H groups in total. The Hall–Kier alpha value is -1.39. The maximum Gasteiger partial charge on any atom is 0.124 e. The fraction of sp³-hybridized carbons (Fsp3) is 0.231. The van der Waals surface area contributed by atoms with Crippen LogP contribution in [0.3, 0.4) is 0 Å². The predicted molar refractivity (Wildman–Crippen MR) is 66.0 cm³/mol. The van der Waals surface area contributed by atoms with Crippen LogP contribution in [0.2, 0.25) is 0 Å². The third-order valence-electron chi connectivity index (χ3n) is 2.89. The standard InChI is InChI=1S/C13H14O3S/c1-3-10-6-9(2)13-5-4-12(17(14,15)16)8-11(13)7-10/h4-8H,3H2,1-2H3,(H,14,15,16)/p-1. The maximum atomic E-state index is 11.0. The Morgan fingerprint density at radius 2 is 1.88 bits per heavy atom. The van der Waals surface area contributed by atoms with Crippen molar-refractivity contribution in [2.24, 2.45) is 0 Å². The first-order valence-corrected chi connectivity index (χ1v) is 6.82. The Morgan fingerprint density at radius 1 is 1.18 bits per heavy atom. The van der Waals surface area contributed by atoms with E-state index in [0.717, 1.165) is 28.3 Å². The van der Waals surface area contributed by atoms with Gasteiger partial charge in [-0.1, -0.05) is 25.1 Å². The molecule has 4 heteroatoms. The van der Waals surface area contributed by atoms with Crippen LogP contribution in [0.5, 0.6) is 0 Å². The van der Waals surface area contributed by atoms with Gasteiger partial charge < -0.3 is 4.55 Å². The number of benzene rings is 2. The molecule has 0 spiro atoms. The van der Waals surface area contributed by atoms with Gasteiger partial charge in [0.15, 0.2) is 0 Å². The Morgan fingerprint density at radius 3 is 2.47 bits per heavy atom. The van der Waals surface area contributed by atoms with Crippen LogP contribution in [0.25, 0.3) is 10.8 Å². The van der Waals surface area contributed by atoms with Gasteiger partial charge in [-0.25, -0.2) is 8.42 Å². The molecule has 0 atom stereocenters. The van der Waals surface area contributed by atoms with Gasteiger partial charge >= 0.3 is 0 Å². The lowest BCUT2D eigenvalue weighted by molar-refractivity contribution is 0.463. The molecule has 0 aliphatic rings. The van der Waals surface area contributed by atoms with Crippen molar-refractivity contribution in [3.63, 3.8) is 0 Å². The molecule has 17 heavy (non-hydrogen) atoms. The minimum atomic E-state index is -4.38. The predicted octanol–water partition coefficient (Wildman–Crippen LogP) is 2.61. The van der Waals surface area contributed by atoms with Gasteiger partial charge in [-0.3, -0.25) is 0 Å². The highest BCUT2D eigenvalue weighted by Gasteiger charge is 2.05. The second-order valence-electron chi connectivity index (χ2n) is 4.10. The summed E-state index contributed by atoms with van der Waals surface area (Å²) in [5.41, 5.74) is 2.23. The van der Waals surface area contributed by atoms with E-state index in [4.69, 9.17) is 0 Å². The zero-order valence-corrected chi connectivity index (χ0v) is 10.5. The first kappa shape index (κ1) is 12.1. The van der Waals surface area contributed by atoms with Crippen LogP contribution in [0.4, 0.5) is 0 Å². The molecule has 0 heterocycles. The van der Waals surface area contributed by atoms with Crippen LogP contribution >= 0.6 is 0 Å². The Bertz CT molecular complexity index is 672. The Labute approximate surface area is 101 Å². The number of hydrogen-bond donors (Lipinski definition) is 0. The molecule has 0 saturated heterocycles. The lowest BCUT2D eigenvalue weighted by Crippen LogP contribution is -1.98. The summed E-state index contributed by atoms with van der Waals surface area (Å²) in [5.74, 6) is 0. The summed E-state index contributed by atoms with van der Waals surface area (Å²) in [6.07, 6.45) is 0.880. The summed E-state index contributed by atoms with van der Waals surface area (Å²) < 4.78 is 32.9. The molecule has 0 aliphatic heterocycles. The summed E-state index contributed by atoms with van der Waals surface area (Å²) in [5, 5.41) is 1.79. The van der Waals surface area contributed by atoms with Gasteiger partial charge in [-0.05, 0) is 47.4 Å². The monoisotopic (exact) mass is 249 g/mol. The van der Waals surface area contributed by atoms with E-state index >= 15 is 0 Å². The first-order chi connectivity index (χ1) is 7.91. The number of fused-ring (bicyclic) bond motifs is 1. The van der Waals surface area contributed by atoms with Crippen molar-refractivity contribution < 1.29 is 13.0 Å². The van der Waals surface area contributed by atoms with Crippen LogP contribution < -0.4 is 0 Å². The van der Waals surface area contributed by atoms with Crippen LogP contribution in [0.15, 0.2) is 35.2 Å². The van der Waals surface area contributed by atoms with Crippen LogP contribution in [0.1, 0.15) is 18.1 Å². The third-order valence-corrected chi connectivity index (χ3v) is 3.72. The molecule has 0 fully saturated rings. The molecule has 2 aromatic carbocycles. The summed E-state index contributed by atoms with van der Waals surface area (Å²) in [6.45, 7) is 4.02. The van der Waals surface area contributed by atoms with Gasteiger partial charge in [0.2, 0.25) is 0 Å². The highest BCUT2D eigenvalue weighted by atomic mass is 32.2. The molecule has 0 bridgehead atoms. The molecule has 0 amide bonds. The quantitative estimate of drug-likeness (QED) is 0.769. The molecule has 3 nitrogen and oxygen atoms in total. The summed E-state index contributed by atoms with van der Waals surface area (Å²) in [6, 6.07) is 8.51. The van der Waals surface area contributed by atoms with Gasteiger partial charge in [-0.2, -0.15) is 0 Å². The van der Waals surface area contributed by atoms with Crippen molar-refractivity contribution in [3.05, 3.63) is 41.5 Å². The number of hydrogen-bond acceptors (Lipinski definition) is 3. The largest absolute Gasteiger partial charge is 0.744 e. The van der Waals surface area contributed by atoms with E-state index in [0.29, 0.717) is 0 Å². The molecule has 0 aromatic heterocycles. The van der Waals surface area contributed by atoms with Gasteiger partial charge in [0.25, 0.3) is 0 Å². The van der Waals surface area contributed by atoms with Gasteiger partial charge in [0.05, 0.1) is 4.90 Å². The molecular weight excluding hydrogens is 236 g/mol. The van der Waals surface area contributed by atoms with Crippen molar-refractivity contribution >= 4 is 20.9 Å². The van der Waals surface area contributed by atoms with Crippen LogP contribution in [0, 0.1) is 6.92 Å². The van der Waals surface area contributed by atoms with Crippen LogP contribution in [-0.2, 0) is 16.5 Å². The molecule has 2 rings (SSSR count). The van der Waals surface area contributed by atoms with E-state index in [1.807, 2.05) is 19.9 Å². The fourth-order valence-electron chi connectivity index (χ4n) is 1.98. The minimum Gasteiger partial charge on any atom is -0.744 e. The second-order valence-corrected chi connectivity index (χ2v) is 5.48. The summed E-state index contributed by atoms with van der Waals surface area (Å²) in [7, 11) is -4.38. The van der Waals surface area contributed by atoms with Crippen molar-refractivity contribution in [2.45, 2.75) is 25.2 Å². The topological polar surface area (TPSA) is 57.2 Å². The zero-order valence-electron chi connectivity index (χ0n) is 9.73. The highest BCUT2D eigenvalue weighted by molar-refractivity contribution is 7.85. The van der Waals surface area contributed by atoms with E-state index in [-0.39, 0.29) is 4.90 Å². The molecule has 2 aromatic rings. The average molecular weight is 249 g/mol. The Kier molecular flexibility index (Phi) is 2.93. The molecule has 0 radical (unpaired) electrons. The van der Waals surface area contributed by atoms with E-state index in [2.05, 4.69) is 6.07 Å². The van der Waals surface area contributed by atoms with E-state index in [9.17, 15) is 13.0 Å². The fourth-order valence-corrected chi connectivity index (χ4v) is 2.48. The molecule has 90 valence electrons. The van der Waals surface area contributed by atoms with E-state index in [1.165, 1.54) is 12.1 Å². The average Bonchev–Trinajstić information content (AvgIpc) is 2.27. The van der Waals surface area contributed by atoms with Crippen molar-refractivity contribution in [1.29, 1.82) is 0 Å². The maximum absolute atomic E-state index is 11.0. The summed E-state index contributed by atoms with van der Waals surface area (Å²) >= 11 is 0. The lowest BCUT2D eigenvalue weighted by Gasteiger charge is -2.10. The van der Waals surface area contributed by atoms with Crippen molar-refractivity contribution in [2.75, 3.05) is 0 Å². The molecule has 0 unspecified atom stereocenters. The van der Waals surface area contributed by atoms with E-state index in [1.54, 1.807) is 6.07 Å². The van der Waals surface area contributed by atoms with E-state index < -0.39 is 10.1 Å². The Balaban J connectivity index is 2.76. The smallest absolute Gasteiger partial charge is 0.124 e. The van der Waals surface area contributed by atoms with Gasteiger partial charge in [0.1, 0.15) is 10.1 Å². The highest BCUT2D eigenvalue weighted by Crippen LogP contribution is 2.24. The normalized spacial score (nSPS) is 11.9. The van der Waals surface area contributed by atoms with Crippen LogP contribution in [-0.4, -0.2) is 13.0 Å². The number of rotatable bonds is 2. The molecule has 0 saturated carbocycles. The molecular formula is C13H13O3S-. The zero-order chi connectivity index (χ0) is 12.6. The SMILES string of the molecule is CCc1cc(C)c2ccc(S(=O)(=O)[O-])cc2c1. The third kappa shape index (κ3) is 2.33. The second kappa shape index (κ2) is 4.13. The number of aryl methyl sites for hydroxylation is 2. The van der Waals surface area contributed by atoms with Crippen molar-refractivity contribution in [3.8, 4) is 0 Å². The van der Waals surface area contributed by atoms with Crippen molar-refractivity contribution in [1.82, 2.24) is 0 Å². The first-order valence-electron chi connectivity index (χ1n) is 5.41. The van der Waals surface area contributed by atoms with Gasteiger partial charge in [0, 0.05) is 0 Å². The lowest BCUT2D eigenvalue weighted by atomic mass is 10.0. The molecule has 0 aliphatic carbocycles.